The predicted molar refractivity (Wildman–Crippen MR) is 75.7 cm³/mol. The van der Waals surface area contributed by atoms with Gasteiger partial charge in [0, 0.05) is 11.9 Å². The molecular weight excluding hydrogens is 276 g/mol. The van der Waals surface area contributed by atoms with Gasteiger partial charge in [-0.3, -0.25) is 4.98 Å². The number of aromatic nitrogens is 1. The Morgan fingerprint density at radius 3 is 2.85 bits per heavy atom. The van der Waals surface area contributed by atoms with Crippen LogP contribution >= 0.6 is 0 Å². The second-order valence-electron chi connectivity index (χ2n) is 4.39. The van der Waals surface area contributed by atoms with Crippen molar-refractivity contribution in [2.75, 3.05) is 12.3 Å². The molecule has 1 aromatic carbocycles. The van der Waals surface area contributed by atoms with E-state index in [1.165, 1.54) is 12.3 Å². The standard InChI is InChI=1S/C14H12N2O3S/c15-11-3-4-14-10(6-11)7-13(20(14,17)18)9-19-12-2-1-5-16-8-12/h1-8H,9,15H2. The summed E-state index contributed by atoms with van der Waals surface area (Å²) < 4.78 is 30.1. The van der Waals surface area contributed by atoms with Crippen LogP contribution in [0.3, 0.4) is 0 Å². The molecule has 3 rings (SSSR count). The van der Waals surface area contributed by atoms with Gasteiger partial charge in [0.1, 0.15) is 12.4 Å². The van der Waals surface area contributed by atoms with Crippen molar-refractivity contribution in [2.45, 2.75) is 4.90 Å². The first-order valence-electron chi connectivity index (χ1n) is 5.95. The molecule has 0 spiro atoms. The summed E-state index contributed by atoms with van der Waals surface area (Å²) in [6.07, 6.45) is 4.75. The largest absolute Gasteiger partial charge is 0.487 e. The van der Waals surface area contributed by atoms with Gasteiger partial charge in [-0.2, -0.15) is 0 Å². The van der Waals surface area contributed by atoms with Gasteiger partial charge < -0.3 is 10.5 Å². The maximum Gasteiger partial charge on any atom is 0.206 e. The van der Waals surface area contributed by atoms with Crippen molar-refractivity contribution < 1.29 is 13.2 Å². The van der Waals surface area contributed by atoms with Gasteiger partial charge in [0.2, 0.25) is 9.84 Å². The number of nitrogen functional groups attached to an aromatic ring is 1. The van der Waals surface area contributed by atoms with Crippen molar-refractivity contribution in [2.24, 2.45) is 0 Å². The molecule has 6 heteroatoms. The maximum atomic E-state index is 12.3. The molecule has 1 aliphatic rings. The van der Waals surface area contributed by atoms with Crippen LogP contribution in [-0.2, 0) is 9.84 Å². The van der Waals surface area contributed by atoms with E-state index in [9.17, 15) is 8.42 Å². The first-order chi connectivity index (χ1) is 9.57. The average Bonchev–Trinajstić information content (AvgIpc) is 2.68. The summed E-state index contributed by atoms with van der Waals surface area (Å²) >= 11 is 0. The van der Waals surface area contributed by atoms with Crippen molar-refractivity contribution in [3.63, 3.8) is 0 Å². The summed E-state index contributed by atoms with van der Waals surface area (Å²) in [4.78, 5) is 4.41. The van der Waals surface area contributed by atoms with Gasteiger partial charge in [0.05, 0.1) is 16.0 Å². The highest BCUT2D eigenvalue weighted by Gasteiger charge is 2.29. The molecule has 0 unspecified atom stereocenters. The zero-order valence-corrected chi connectivity index (χ0v) is 11.3. The summed E-state index contributed by atoms with van der Waals surface area (Å²) in [6.45, 7) is -0.0252. The fraction of sp³-hybridized carbons (Fsp3) is 0.0714. The van der Waals surface area contributed by atoms with Gasteiger partial charge in [-0.25, -0.2) is 8.42 Å². The second kappa shape index (κ2) is 4.64. The van der Waals surface area contributed by atoms with E-state index in [1.54, 1.807) is 36.5 Å². The monoisotopic (exact) mass is 288 g/mol. The van der Waals surface area contributed by atoms with Gasteiger partial charge in [-0.1, -0.05) is 0 Å². The van der Waals surface area contributed by atoms with E-state index in [0.717, 1.165) is 0 Å². The zero-order chi connectivity index (χ0) is 14.2. The van der Waals surface area contributed by atoms with Crippen LogP contribution in [0.2, 0.25) is 0 Å². The van der Waals surface area contributed by atoms with Gasteiger partial charge in [-0.15, -0.1) is 0 Å². The minimum atomic E-state index is -3.47. The number of hydrogen-bond donors (Lipinski definition) is 1. The van der Waals surface area contributed by atoms with Crippen LogP contribution < -0.4 is 10.5 Å². The van der Waals surface area contributed by atoms with E-state index < -0.39 is 9.84 Å². The molecule has 1 aliphatic heterocycles. The smallest absolute Gasteiger partial charge is 0.206 e. The molecule has 1 aromatic heterocycles. The lowest BCUT2D eigenvalue weighted by atomic mass is 10.2. The third kappa shape index (κ3) is 2.14. The van der Waals surface area contributed by atoms with Crippen LogP contribution in [0.5, 0.6) is 5.75 Å². The van der Waals surface area contributed by atoms with E-state index in [2.05, 4.69) is 4.98 Å². The molecule has 0 amide bonds. The third-order valence-electron chi connectivity index (χ3n) is 3.00. The molecule has 2 heterocycles. The average molecular weight is 288 g/mol. The summed E-state index contributed by atoms with van der Waals surface area (Å²) in [5.74, 6) is 0.527. The Kier molecular flexibility index (Phi) is 2.94. The number of ether oxygens (including phenoxy) is 1. The number of fused-ring (bicyclic) bond motifs is 1. The quantitative estimate of drug-likeness (QED) is 0.872. The van der Waals surface area contributed by atoms with Crippen molar-refractivity contribution in [3.8, 4) is 5.75 Å². The van der Waals surface area contributed by atoms with Crippen LogP contribution in [0.1, 0.15) is 5.56 Å². The van der Waals surface area contributed by atoms with Crippen molar-refractivity contribution in [3.05, 3.63) is 53.2 Å². The summed E-state index contributed by atoms with van der Waals surface area (Å²) in [5, 5.41) is 0. The normalized spacial score (nSPS) is 15.5. The van der Waals surface area contributed by atoms with Crippen molar-refractivity contribution in [1.29, 1.82) is 0 Å². The Hall–Kier alpha value is -2.34. The lowest BCUT2D eigenvalue weighted by Crippen LogP contribution is -2.09. The maximum absolute atomic E-state index is 12.3. The zero-order valence-electron chi connectivity index (χ0n) is 10.5. The van der Waals surface area contributed by atoms with Gasteiger partial charge in [0.25, 0.3) is 0 Å². The molecule has 0 atom stereocenters. The molecule has 5 nitrogen and oxygen atoms in total. The minimum absolute atomic E-state index is 0.0252. The summed E-state index contributed by atoms with van der Waals surface area (Å²) in [6, 6.07) is 8.19. The number of benzene rings is 1. The van der Waals surface area contributed by atoms with Crippen LogP contribution in [0.15, 0.2) is 52.5 Å². The first-order valence-corrected chi connectivity index (χ1v) is 7.44. The Labute approximate surface area is 116 Å². The highest BCUT2D eigenvalue weighted by atomic mass is 32.2. The Morgan fingerprint density at radius 1 is 1.25 bits per heavy atom. The van der Waals surface area contributed by atoms with E-state index in [4.69, 9.17) is 10.5 Å². The SMILES string of the molecule is Nc1ccc2c(c1)C=C(COc1cccnc1)S2(=O)=O. The van der Waals surface area contributed by atoms with Crippen molar-refractivity contribution in [1.82, 2.24) is 4.98 Å². The van der Waals surface area contributed by atoms with Crippen LogP contribution in [0, 0.1) is 0 Å². The minimum Gasteiger partial charge on any atom is -0.487 e. The van der Waals surface area contributed by atoms with E-state index in [1.807, 2.05) is 0 Å². The van der Waals surface area contributed by atoms with Crippen LogP contribution in [-0.4, -0.2) is 20.0 Å². The summed E-state index contributed by atoms with van der Waals surface area (Å²) in [5.41, 5.74) is 6.80. The molecule has 0 aliphatic carbocycles. The van der Waals surface area contributed by atoms with Gasteiger partial charge >= 0.3 is 0 Å². The number of anilines is 1. The molecule has 0 fully saturated rings. The molecule has 20 heavy (non-hydrogen) atoms. The number of hydrogen-bond acceptors (Lipinski definition) is 5. The predicted octanol–water partition coefficient (Wildman–Crippen LogP) is 1.87. The number of nitrogens with zero attached hydrogens (tertiary/aromatic N) is 1. The second-order valence-corrected chi connectivity index (χ2v) is 6.36. The van der Waals surface area contributed by atoms with Gasteiger partial charge in [0.15, 0.2) is 0 Å². The molecule has 0 bridgehead atoms. The third-order valence-corrected chi connectivity index (χ3v) is 4.88. The number of nitrogens with two attached hydrogens (primary N) is 1. The fourth-order valence-corrected chi connectivity index (χ4v) is 3.48. The lowest BCUT2D eigenvalue weighted by molar-refractivity contribution is 0.357. The summed E-state index contributed by atoms with van der Waals surface area (Å²) in [7, 11) is -3.47. The first kappa shape index (κ1) is 12.7. The molecule has 102 valence electrons. The Bertz CT molecular complexity index is 783. The van der Waals surface area contributed by atoms with Crippen LogP contribution in [0.25, 0.3) is 6.08 Å². The van der Waals surface area contributed by atoms with E-state index in [-0.39, 0.29) is 16.4 Å². The van der Waals surface area contributed by atoms with Crippen LogP contribution in [0.4, 0.5) is 5.69 Å². The fourth-order valence-electron chi connectivity index (χ4n) is 2.02. The van der Waals surface area contributed by atoms with Gasteiger partial charge in [-0.05, 0) is 42.0 Å². The Morgan fingerprint density at radius 2 is 2.10 bits per heavy atom. The van der Waals surface area contributed by atoms with E-state index >= 15 is 0 Å². The molecule has 2 aromatic rings. The number of sulfone groups is 1. The number of pyridine rings is 1. The lowest BCUT2D eigenvalue weighted by Gasteiger charge is -2.06. The topological polar surface area (TPSA) is 82.3 Å². The molecule has 2 N–H and O–H groups in total. The number of rotatable bonds is 3. The van der Waals surface area contributed by atoms with Crippen molar-refractivity contribution >= 4 is 21.6 Å². The molecule has 0 saturated heterocycles. The molecule has 0 saturated carbocycles. The molecule has 0 radical (unpaired) electrons. The highest BCUT2D eigenvalue weighted by molar-refractivity contribution is 7.95. The Balaban J connectivity index is 1.87. The highest BCUT2D eigenvalue weighted by Crippen LogP contribution is 2.34. The van der Waals surface area contributed by atoms with E-state index in [0.29, 0.717) is 17.0 Å². The molecular formula is C14H12N2O3S.